The molecule has 20 nitrogen and oxygen atoms in total. The number of carbonyl (C=O) groups excluding carboxylic acids is 6. The van der Waals surface area contributed by atoms with Crippen molar-refractivity contribution in [3.05, 3.63) is 172 Å². The number of fused-ring (bicyclic) bond motifs is 6. The maximum Gasteiger partial charge on any atom is 0.340 e. The van der Waals surface area contributed by atoms with Gasteiger partial charge in [0, 0.05) is 53.0 Å². The summed E-state index contributed by atoms with van der Waals surface area (Å²) in [5, 5.41) is 3.00. The molecule has 21 heteroatoms. The lowest BCUT2D eigenvalue weighted by Crippen LogP contribution is -2.51. The Morgan fingerprint density at radius 1 is 0.537 bits per heavy atom. The minimum absolute atomic E-state index is 0.0572. The lowest BCUT2D eigenvalue weighted by Gasteiger charge is -2.40. The van der Waals surface area contributed by atoms with E-state index in [1.807, 2.05) is 100 Å². The fourth-order valence-electron chi connectivity index (χ4n) is 11.2. The third-order valence-corrected chi connectivity index (χ3v) is 18.3. The molecule has 0 radical (unpaired) electrons. The van der Waals surface area contributed by atoms with Gasteiger partial charge in [-0.1, -0.05) is 55.3 Å². The quantitative estimate of drug-likeness (QED) is 0.00840. The van der Waals surface area contributed by atoms with Crippen LogP contribution in [0.5, 0.6) is 40.2 Å². The van der Waals surface area contributed by atoms with E-state index in [0.29, 0.717) is 70.0 Å². The monoisotopic (exact) mass is 1320 g/mol. The molecule has 0 bridgehead atoms. The number of nitrogens with one attached hydrogen (secondary N) is 1. The molecule has 0 fully saturated rings. The Balaban J connectivity index is 0.969. The molecule has 8 rings (SSSR count). The SMILES string of the molecule is CCOC(=O)C(COP(OCCCCCCNC(=O)c1ccc2c(c1)C(=O)OC21c2ccc(OC(=O)C(C)(C)C)cc2Oc2cc(OC(=O)C(C)(C)C)ccc21)N(C(C)C)C(C)C)(COC(c1ccc(OC)cc1)(c1ccc(OC)cc1)c1ccc(OC)cc1)C(=O)OCC. The van der Waals surface area contributed by atoms with E-state index in [1.54, 1.807) is 125 Å². The van der Waals surface area contributed by atoms with Gasteiger partial charge in [-0.3, -0.25) is 24.0 Å². The third kappa shape index (κ3) is 16.0. The molecular formula is C74H89N2O18P. The van der Waals surface area contributed by atoms with Crippen LogP contribution in [0.15, 0.2) is 127 Å². The van der Waals surface area contributed by atoms with Crippen LogP contribution in [0, 0.1) is 16.2 Å². The molecule has 1 spiro atoms. The van der Waals surface area contributed by atoms with E-state index < -0.39 is 84.9 Å². The summed E-state index contributed by atoms with van der Waals surface area (Å²) in [7, 11) is 2.78. The van der Waals surface area contributed by atoms with Crippen LogP contribution in [0.3, 0.4) is 0 Å². The number of unbranched alkanes of at least 4 members (excludes halogenated alkanes) is 3. The van der Waals surface area contributed by atoms with E-state index in [4.69, 9.17) is 56.4 Å². The van der Waals surface area contributed by atoms with Gasteiger partial charge in [-0.2, -0.15) is 0 Å². The van der Waals surface area contributed by atoms with Crippen LogP contribution in [-0.2, 0) is 58.4 Å². The first-order valence-corrected chi connectivity index (χ1v) is 33.2. The van der Waals surface area contributed by atoms with Crippen LogP contribution in [-0.4, -0.2) is 113 Å². The predicted octanol–water partition coefficient (Wildman–Crippen LogP) is 14.0. The minimum Gasteiger partial charge on any atom is -0.497 e. The van der Waals surface area contributed by atoms with Crippen molar-refractivity contribution in [1.29, 1.82) is 0 Å². The molecule has 508 valence electrons. The van der Waals surface area contributed by atoms with Gasteiger partial charge in [0.1, 0.15) is 45.8 Å². The zero-order valence-electron chi connectivity index (χ0n) is 57.1. The second kappa shape index (κ2) is 31.0. The second-order valence-electron chi connectivity index (χ2n) is 25.8. The Hall–Kier alpha value is -8.39. The van der Waals surface area contributed by atoms with Crippen molar-refractivity contribution in [3.8, 4) is 40.2 Å². The lowest BCUT2D eigenvalue weighted by molar-refractivity contribution is -0.183. The zero-order chi connectivity index (χ0) is 69.0. The number of nitrogens with zero attached hydrogens (tertiary/aromatic N) is 1. The molecule has 0 saturated heterocycles. The maximum absolute atomic E-state index is 14.8. The summed E-state index contributed by atoms with van der Waals surface area (Å²) in [6.07, 6.45) is 2.67. The van der Waals surface area contributed by atoms with Gasteiger partial charge in [0.2, 0.25) is 5.41 Å². The third-order valence-electron chi connectivity index (χ3n) is 16.2. The highest BCUT2D eigenvalue weighted by Gasteiger charge is 2.56. The predicted molar refractivity (Wildman–Crippen MR) is 357 cm³/mol. The number of ether oxygens (including phenoxy) is 10. The highest BCUT2D eigenvalue weighted by Crippen LogP contribution is 2.58. The van der Waals surface area contributed by atoms with Gasteiger partial charge in [0.15, 0.2) is 5.60 Å². The van der Waals surface area contributed by atoms with Crippen molar-refractivity contribution >= 4 is 44.3 Å². The van der Waals surface area contributed by atoms with Crippen LogP contribution >= 0.6 is 8.53 Å². The van der Waals surface area contributed by atoms with E-state index in [-0.39, 0.29) is 66.0 Å². The molecular weight excluding hydrogens is 1240 g/mol. The Labute approximate surface area is 558 Å². The average Bonchev–Trinajstić information content (AvgIpc) is 1.61. The van der Waals surface area contributed by atoms with E-state index in [2.05, 4.69) is 9.99 Å². The summed E-state index contributed by atoms with van der Waals surface area (Å²) in [6, 6.07) is 36.4. The van der Waals surface area contributed by atoms with Gasteiger partial charge in [0.25, 0.3) is 14.4 Å². The molecule has 95 heavy (non-hydrogen) atoms. The number of rotatable bonds is 30. The molecule has 0 saturated carbocycles. The Morgan fingerprint density at radius 3 is 1.41 bits per heavy atom. The molecule has 6 aromatic rings. The summed E-state index contributed by atoms with van der Waals surface area (Å²) in [6.45, 7) is 21.2. The number of hydrogen-bond acceptors (Lipinski definition) is 19. The maximum atomic E-state index is 14.8. The second-order valence-corrected chi connectivity index (χ2v) is 27.2. The largest absolute Gasteiger partial charge is 0.497 e. The van der Waals surface area contributed by atoms with Crippen molar-refractivity contribution < 1.29 is 85.2 Å². The van der Waals surface area contributed by atoms with E-state index in [1.165, 1.54) is 6.07 Å². The molecule has 1 atom stereocenters. The zero-order valence-corrected chi connectivity index (χ0v) is 58.0. The molecule has 2 aliphatic rings. The molecule has 1 N–H and O–H groups in total. The number of esters is 5. The molecule has 2 heterocycles. The standard InChI is InChI=1S/C74H89N2O18P/c1-16-86-68(81)72(69(82)87-17-2,45-88-73(50-23-29-53(83-13)30-24-50,51-25-31-54(84-14)32-26-51)52-27-33-55(85-15)34-28-52)46-90-95(76(47(3)4)48(5)6)89-41-21-19-18-20-40-75-64(77)49-22-37-59-58(42-49)65(78)94-74(59)60-38-35-56(91-66(79)70(7,8)9)43-62(60)93-63-44-57(36-39-61(63)74)92-67(80)71(10,11)12/h22-39,42-44,47-48H,16-21,40-41,45-46H2,1-15H3,(H,75,77). The Bertz CT molecular complexity index is 3470. The van der Waals surface area contributed by atoms with E-state index in [0.717, 1.165) is 12.8 Å². The highest BCUT2D eigenvalue weighted by molar-refractivity contribution is 7.44. The van der Waals surface area contributed by atoms with Gasteiger partial charge in [-0.05, 0) is 185 Å². The van der Waals surface area contributed by atoms with Crippen molar-refractivity contribution in [2.75, 3.05) is 60.9 Å². The highest BCUT2D eigenvalue weighted by atomic mass is 31.2. The summed E-state index contributed by atoms with van der Waals surface area (Å²) in [4.78, 5) is 83.4. The van der Waals surface area contributed by atoms with Crippen molar-refractivity contribution in [2.24, 2.45) is 16.2 Å². The van der Waals surface area contributed by atoms with Gasteiger partial charge >= 0.3 is 29.8 Å². The normalized spacial score (nSPS) is 13.6. The summed E-state index contributed by atoms with van der Waals surface area (Å²) >= 11 is 0. The number of methoxy groups -OCH3 is 3. The van der Waals surface area contributed by atoms with E-state index >= 15 is 0 Å². The number of carbonyl (C=O) groups is 6. The Kier molecular flexibility index (Phi) is 23.6. The Morgan fingerprint density at radius 2 is 0.979 bits per heavy atom. The molecule has 1 amide bonds. The molecule has 0 aliphatic carbocycles. The number of hydrogen-bond donors (Lipinski definition) is 1. The van der Waals surface area contributed by atoms with Crippen molar-refractivity contribution in [2.45, 2.75) is 132 Å². The van der Waals surface area contributed by atoms with Crippen LogP contribution in [0.1, 0.15) is 163 Å². The van der Waals surface area contributed by atoms with Crippen LogP contribution < -0.4 is 33.7 Å². The number of amides is 1. The fraction of sp³-hybridized carbons (Fsp3) is 0.432. The van der Waals surface area contributed by atoms with Gasteiger partial charge in [-0.15, -0.1) is 0 Å². The van der Waals surface area contributed by atoms with Crippen molar-refractivity contribution in [1.82, 2.24) is 9.99 Å². The first-order chi connectivity index (χ1) is 45.2. The van der Waals surface area contributed by atoms with Gasteiger partial charge < -0.3 is 61.7 Å². The summed E-state index contributed by atoms with van der Waals surface area (Å²) < 4.78 is 75.3. The molecule has 1 unspecified atom stereocenters. The van der Waals surface area contributed by atoms with Crippen LogP contribution in [0.2, 0.25) is 0 Å². The summed E-state index contributed by atoms with van der Waals surface area (Å²) in [5.41, 5.74) is -3.15. The first-order valence-electron chi connectivity index (χ1n) is 32.0. The van der Waals surface area contributed by atoms with Gasteiger partial charge in [-0.25, -0.2) is 9.46 Å². The van der Waals surface area contributed by atoms with Crippen molar-refractivity contribution in [3.63, 3.8) is 0 Å². The van der Waals surface area contributed by atoms with Crippen LogP contribution in [0.25, 0.3) is 0 Å². The fourth-order valence-corrected chi connectivity index (χ4v) is 12.9. The molecule has 0 aromatic heterocycles. The molecule has 6 aromatic carbocycles. The summed E-state index contributed by atoms with van der Waals surface area (Å²) in [5.74, 6) is -1.12. The smallest absolute Gasteiger partial charge is 0.340 e. The topological polar surface area (TPSA) is 228 Å². The van der Waals surface area contributed by atoms with Gasteiger partial charge in [0.05, 0.1) is 70.8 Å². The first kappa shape index (κ1) is 72.4. The molecule has 2 aliphatic heterocycles. The van der Waals surface area contributed by atoms with E-state index in [9.17, 15) is 28.8 Å². The minimum atomic E-state index is -2.18. The average molecular weight is 1330 g/mol. The number of benzene rings is 6. The lowest BCUT2D eigenvalue weighted by atomic mass is 9.77. The van der Waals surface area contributed by atoms with Crippen LogP contribution in [0.4, 0.5) is 0 Å².